The Morgan fingerprint density at radius 3 is 1.22 bits per heavy atom. The van der Waals surface area contributed by atoms with E-state index < -0.39 is 0 Å². The first-order chi connectivity index (χ1) is 18.2. The first-order valence-electron chi connectivity index (χ1n) is 12.4. The van der Waals surface area contributed by atoms with E-state index in [9.17, 15) is 0 Å². The van der Waals surface area contributed by atoms with Crippen LogP contribution in [-0.2, 0) is 32.8 Å². The molecule has 0 saturated heterocycles. The van der Waals surface area contributed by atoms with Gasteiger partial charge in [-0.3, -0.25) is 0 Å². The molecule has 0 amide bonds. The van der Waals surface area contributed by atoms with Gasteiger partial charge in [0.05, 0.1) is 12.7 Å². The number of aromatic nitrogens is 8. The first kappa shape index (κ1) is 22.7. The number of benzene rings is 2. The van der Waals surface area contributed by atoms with Gasteiger partial charge in [-0.15, -0.1) is 0 Å². The fourth-order valence-electron chi connectivity index (χ4n) is 4.52. The Kier molecular flexibility index (Phi) is 6.44. The number of rotatable bonds is 10. The topological polar surface area (TPSA) is 53.3 Å². The lowest BCUT2D eigenvalue weighted by molar-refractivity contribution is -0.912. The minimum atomic E-state index is 0.772. The molecule has 4 aromatic heterocycles. The molecule has 0 unspecified atom stereocenters. The summed E-state index contributed by atoms with van der Waals surface area (Å²) < 4.78 is 13.0. The van der Waals surface area contributed by atoms with Crippen molar-refractivity contribution in [3.8, 4) is 0 Å². The van der Waals surface area contributed by atoms with Gasteiger partial charge in [0, 0.05) is 37.9 Å². The molecule has 0 aliphatic carbocycles. The third-order valence-corrected chi connectivity index (χ3v) is 6.44. The van der Waals surface area contributed by atoms with Gasteiger partial charge in [0.15, 0.2) is 0 Å². The van der Waals surface area contributed by atoms with Crippen LogP contribution in [-0.4, -0.2) is 28.2 Å². The molecular weight excluding hydrogens is 460 g/mol. The van der Waals surface area contributed by atoms with Crippen molar-refractivity contribution in [3.05, 3.63) is 146 Å². The van der Waals surface area contributed by atoms with Gasteiger partial charge < -0.3 is 9.13 Å². The second-order valence-electron chi connectivity index (χ2n) is 9.44. The van der Waals surface area contributed by atoms with Crippen LogP contribution in [0.2, 0.25) is 0 Å². The van der Waals surface area contributed by atoms with Crippen LogP contribution in [0.1, 0.15) is 22.3 Å². The summed E-state index contributed by atoms with van der Waals surface area (Å²) in [4.78, 5) is 8.22. The highest BCUT2D eigenvalue weighted by atomic mass is 15.2. The highest BCUT2D eigenvalue weighted by Crippen LogP contribution is 2.09. The van der Waals surface area contributed by atoms with E-state index in [1.807, 2.05) is 37.4 Å². The highest BCUT2D eigenvalue weighted by molar-refractivity contribution is 5.24. The second-order valence-corrected chi connectivity index (χ2v) is 9.44. The molecule has 0 bridgehead atoms. The molecule has 184 valence electrons. The summed E-state index contributed by atoms with van der Waals surface area (Å²) in [6.45, 7) is 4.16. The summed E-state index contributed by atoms with van der Waals surface area (Å²) in [5.41, 5.74) is 5.12. The van der Waals surface area contributed by atoms with E-state index in [4.69, 9.17) is 0 Å². The van der Waals surface area contributed by atoms with Gasteiger partial charge in [-0.1, -0.05) is 48.5 Å². The molecule has 8 heteroatoms. The standard InChI is InChI=1S/C29H30N8/c1-5-28(6-2-26(1)17-32-11-9-30-21-32)19-34-13-15-36(23-34)25-37-16-14-35(24-37)20-29-7-3-27(4-8-29)18-33-12-10-31-22-33/h1-16,21-24H,17-20,25H2/q+2. The van der Waals surface area contributed by atoms with Gasteiger partial charge in [-0.05, 0) is 22.3 Å². The van der Waals surface area contributed by atoms with E-state index in [1.54, 1.807) is 0 Å². The van der Waals surface area contributed by atoms with E-state index in [0.717, 1.165) is 32.8 Å². The number of hydrogen-bond acceptors (Lipinski definition) is 2. The van der Waals surface area contributed by atoms with Crippen molar-refractivity contribution in [1.82, 2.24) is 28.2 Å². The zero-order valence-electron chi connectivity index (χ0n) is 20.7. The third kappa shape index (κ3) is 5.92. The monoisotopic (exact) mass is 490 g/mol. The molecule has 4 heterocycles. The molecule has 0 aliphatic heterocycles. The van der Waals surface area contributed by atoms with E-state index in [0.29, 0.717) is 0 Å². The maximum Gasteiger partial charge on any atom is 0.247 e. The molecule has 2 aromatic carbocycles. The molecular formula is C29H30N8+2. The SMILES string of the molecule is c1cn(Cc2ccc(Cn3cc[n+](C[n+]4ccn(Cc5ccc(Cn6ccnc6)cc5)c4)c3)cc2)cn1. The van der Waals surface area contributed by atoms with Crippen molar-refractivity contribution < 1.29 is 9.13 Å². The van der Waals surface area contributed by atoms with Crippen molar-refractivity contribution in [2.24, 2.45) is 0 Å². The van der Waals surface area contributed by atoms with Gasteiger partial charge >= 0.3 is 0 Å². The molecule has 0 saturated carbocycles. The van der Waals surface area contributed by atoms with Crippen molar-refractivity contribution in [2.75, 3.05) is 0 Å². The minimum Gasteiger partial charge on any atom is -0.333 e. The van der Waals surface area contributed by atoms with E-state index in [-0.39, 0.29) is 0 Å². The van der Waals surface area contributed by atoms with Crippen LogP contribution >= 0.6 is 0 Å². The minimum absolute atomic E-state index is 0.772. The summed E-state index contributed by atoms with van der Waals surface area (Å²) in [6, 6.07) is 17.6. The lowest BCUT2D eigenvalue weighted by Gasteiger charge is -2.04. The van der Waals surface area contributed by atoms with Crippen LogP contribution < -0.4 is 9.13 Å². The zero-order chi connectivity index (χ0) is 24.9. The third-order valence-electron chi connectivity index (χ3n) is 6.44. The Balaban J connectivity index is 1.02. The van der Waals surface area contributed by atoms with Gasteiger partial charge in [0.1, 0.15) is 37.9 Å². The molecule has 0 radical (unpaired) electrons. The Bertz CT molecular complexity index is 1400. The van der Waals surface area contributed by atoms with Crippen LogP contribution in [0.5, 0.6) is 0 Å². The van der Waals surface area contributed by atoms with Gasteiger partial charge in [0.2, 0.25) is 19.3 Å². The molecule has 0 fully saturated rings. The van der Waals surface area contributed by atoms with Crippen LogP contribution in [0.25, 0.3) is 0 Å². The maximum atomic E-state index is 4.11. The Labute approximate surface area is 216 Å². The largest absolute Gasteiger partial charge is 0.333 e. The number of nitrogens with zero attached hydrogens (tertiary/aromatic N) is 8. The summed E-state index contributed by atoms with van der Waals surface area (Å²) >= 11 is 0. The lowest BCUT2D eigenvalue weighted by atomic mass is 10.1. The highest BCUT2D eigenvalue weighted by Gasteiger charge is 2.10. The predicted octanol–water partition coefficient (Wildman–Crippen LogP) is 2.96. The molecule has 6 rings (SSSR count). The Morgan fingerprint density at radius 1 is 0.486 bits per heavy atom. The molecule has 0 aliphatic rings. The van der Waals surface area contributed by atoms with Crippen LogP contribution in [0, 0.1) is 0 Å². The molecule has 37 heavy (non-hydrogen) atoms. The number of imidazole rings is 4. The molecule has 6 aromatic rings. The summed E-state index contributed by atoms with van der Waals surface area (Å²) in [6.07, 6.45) is 24.1. The average molecular weight is 491 g/mol. The molecule has 0 N–H and O–H groups in total. The van der Waals surface area contributed by atoms with Crippen LogP contribution in [0.15, 0.2) is 123 Å². The predicted molar refractivity (Wildman–Crippen MR) is 138 cm³/mol. The summed E-state index contributed by atoms with van der Waals surface area (Å²) in [7, 11) is 0. The van der Waals surface area contributed by atoms with Gasteiger partial charge in [0.25, 0.3) is 0 Å². The Morgan fingerprint density at radius 2 is 0.865 bits per heavy atom. The van der Waals surface area contributed by atoms with Crippen molar-refractivity contribution in [3.63, 3.8) is 0 Å². The zero-order valence-corrected chi connectivity index (χ0v) is 20.7. The fraction of sp³-hybridized carbons (Fsp3) is 0.172. The molecule has 0 spiro atoms. The second kappa shape index (κ2) is 10.5. The van der Waals surface area contributed by atoms with E-state index in [2.05, 4.69) is 123 Å². The Hall–Kier alpha value is -4.72. The van der Waals surface area contributed by atoms with Gasteiger partial charge in [-0.2, -0.15) is 9.13 Å². The molecule has 8 nitrogen and oxygen atoms in total. The van der Waals surface area contributed by atoms with Crippen molar-refractivity contribution in [2.45, 2.75) is 32.8 Å². The molecule has 0 atom stereocenters. The first-order valence-corrected chi connectivity index (χ1v) is 12.4. The van der Waals surface area contributed by atoms with Crippen molar-refractivity contribution >= 4 is 0 Å². The summed E-state index contributed by atoms with van der Waals surface area (Å²) in [5.74, 6) is 0. The van der Waals surface area contributed by atoms with Crippen LogP contribution in [0.4, 0.5) is 0 Å². The van der Waals surface area contributed by atoms with E-state index in [1.165, 1.54) is 22.3 Å². The quantitative estimate of drug-likeness (QED) is 0.277. The average Bonchev–Trinajstić information content (AvgIpc) is 3.73. The normalized spacial score (nSPS) is 11.2. The van der Waals surface area contributed by atoms with Crippen molar-refractivity contribution in [1.29, 1.82) is 0 Å². The van der Waals surface area contributed by atoms with E-state index >= 15 is 0 Å². The van der Waals surface area contributed by atoms with Crippen LogP contribution in [0.3, 0.4) is 0 Å². The smallest absolute Gasteiger partial charge is 0.247 e. The summed E-state index contributed by atoms with van der Waals surface area (Å²) in [5, 5.41) is 0. The maximum absolute atomic E-state index is 4.11. The fourth-order valence-corrected chi connectivity index (χ4v) is 4.52. The lowest BCUT2D eigenvalue weighted by Crippen LogP contribution is -2.49. The number of hydrogen-bond donors (Lipinski definition) is 0. The van der Waals surface area contributed by atoms with Gasteiger partial charge in [-0.25, -0.2) is 19.1 Å².